The van der Waals surface area contributed by atoms with Gasteiger partial charge in [-0.2, -0.15) is 0 Å². The van der Waals surface area contributed by atoms with E-state index in [4.69, 9.17) is 9.15 Å². The number of nitrogens with zero attached hydrogens (tertiary/aromatic N) is 5. The minimum Gasteiger partial charge on any atom is -0.493 e. The smallest absolute Gasteiger partial charge is 0.247 e. The zero-order valence-corrected chi connectivity index (χ0v) is 21.1. The first-order chi connectivity index (χ1) is 17.8. The molecule has 2 aromatic carbocycles. The average Bonchev–Trinajstić information content (AvgIpc) is 3.70. The molecular formula is C27H32N6O2S. The summed E-state index contributed by atoms with van der Waals surface area (Å²) in [7, 11) is 0. The van der Waals surface area contributed by atoms with E-state index in [0.29, 0.717) is 30.2 Å². The second-order valence-corrected chi connectivity index (χ2v) is 9.91. The highest BCUT2D eigenvalue weighted by molar-refractivity contribution is 7.98. The largest absolute Gasteiger partial charge is 0.493 e. The number of ether oxygens (including phenoxy) is 1. The third-order valence-electron chi connectivity index (χ3n) is 6.18. The third-order valence-corrected chi connectivity index (χ3v) is 7.09. The summed E-state index contributed by atoms with van der Waals surface area (Å²) < 4.78 is 13.7. The first-order valence-corrected chi connectivity index (χ1v) is 13.6. The van der Waals surface area contributed by atoms with Crippen LogP contribution in [0.5, 0.6) is 5.75 Å². The fourth-order valence-corrected chi connectivity index (χ4v) is 4.92. The summed E-state index contributed by atoms with van der Waals surface area (Å²) in [6, 6.07) is 18.8. The molecule has 9 heteroatoms. The van der Waals surface area contributed by atoms with Crippen LogP contribution in [0.4, 0.5) is 5.69 Å². The van der Waals surface area contributed by atoms with Crippen molar-refractivity contribution in [1.82, 2.24) is 25.1 Å². The van der Waals surface area contributed by atoms with Crippen LogP contribution in [0, 0.1) is 0 Å². The Morgan fingerprint density at radius 2 is 1.97 bits per heavy atom. The molecule has 0 bridgehead atoms. The van der Waals surface area contributed by atoms with Crippen LogP contribution in [0.15, 0.2) is 77.7 Å². The molecule has 0 aliphatic carbocycles. The molecule has 188 valence electrons. The summed E-state index contributed by atoms with van der Waals surface area (Å²) in [5.41, 5.74) is 2.18. The van der Waals surface area contributed by atoms with Gasteiger partial charge in [0.05, 0.1) is 18.7 Å². The molecule has 36 heavy (non-hydrogen) atoms. The van der Waals surface area contributed by atoms with E-state index in [1.54, 1.807) is 11.8 Å². The van der Waals surface area contributed by atoms with Crippen LogP contribution in [0.3, 0.4) is 0 Å². The molecule has 0 spiro atoms. The molecule has 1 atom stereocenters. The number of nitrogens with one attached hydrogen (secondary N) is 1. The highest BCUT2D eigenvalue weighted by atomic mass is 32.2. The standard InChI is InChI=1S/C27H32N6O2S/c1-2-5-25(6-3-1)34-17-18-36-20-26-30-31-27(35-26)22-7-9-24(10-8-22)33-15-11-23(19-33)29-12-4-14-32-16-13-28-21-32/h1-3,5-10,13,16,21,23,29H,4,11-12,14-15,17-20H2. The molecule has 0 saturated carbocycles. The lowest BCUT2D eigenvalue weighted by molar-refractivity contribution is 0.344. The Hall–Kier alpha value is -3.30. The van der Waals surface area contributed by atoms with Gasteiger partial charge in [0.1, 0.15) is 5.75 Å². The monoisotopic (exact) mass is 504 g/mol. The molecule has 1 N–H and O–H groups in total. The van der Waals surface area contributed by atoms with Crippen LogP contribution in [0.2, 0.25) is 0 Å². The molecule has 0 amide bonds. The van der Waals surface area contributed by atoms with Crippen molar-refractivity contribution in [2.75, 3.05) is 36.9 Å². The fraction of sp³-hybridized carbons (Fsp3) is 0.370. The van der Waals surface area contributed by atoms with E-state index in [2.05, 4.69) is 54.2 Å². The second-order valence-electron chi connectivity index (χ2n) is 8.80. The summed E-state index contributed by atoms with van der Waals surface area (Å²) in [6.45, 7) is 4.77. The number of para-hydroxylation sites is 1. The molecule has 1 aliphatic heterocycles. The number of hydrogen-bond donors (Lipinski definition) is 1. The Bertz CT molecular complexity index is 1170. The van der Waals surface area contributed by atoms with Crippen LogP contribution >= 0.6 is 11.8 Å². The number of imidazole rings is 1. The lowest BCUT2D eigenvalue weighted by atomic mass is 10.2. The number of aromatic nitrogens is 4. The van der Waals surface area contributed by atoms with E-state index < -0.39 is 0 Å². The van der Waals surface area contributed by atoms with E-state index in [1.165, 1.54) is 5.69 Å². The quantitative estimate of drug-likeness (QED) is 0.267. The molecular weight excluding hydrogens is 472 g/mol. The Labute approximate surface area is 216 Å². The maximum Gasteiger partial charge on any atom is 0.247 e. The molecule has 1 aliphatic rings. The van der Waals surface area contributed by atoms with Crippen molar-refractivity contribution in [2.45, 2.75) is 31.2 Å². The van der Waals surface area contributed by atoms with E-state index in [9.17, 15) is 0 Å². The van der Waals surface area contributed by atoms with Gasteiger partial charge in [-0.15, -0.1) is 22.0 Å². The first-order valence-electron chi connectivity index (χ1n) is 12.5. The van der Waals surface area contributed by atoms with E-state index >= 15 is 0 Å². The number of rotatable bonds is 13. The number of benzene rings is 2. The van der Waals surface area contributed by atoms with Gasteiger partial charge < -0.3 is 23.9 Å². The fourth-order valence-electron chi connectivity index (χ4n) is 4.29. The number of thioether (sulfide) groups is 1. The minimum absolute atomic E-state index is 0.529. The molecule has 8 nitrogen and oxygen atoms in total. The highest BCUT2D eigenvalue weighted by Crippen LogP contribution is 2.25. The van der Waals surface area contributed by atoms with Gasteiger partial charge in [0.15, 0.2) is 0 Å². The van der Waals surface area contributed by atoms with Gasteiger partial charge in [-0.05, 0) is 55.8 Å². The van der Waals surface area contributed by atoms with Crippen molar-refractivity contribution in [3.05, 3.63) is 79.2 Å². The molecule has 3 heterocycles. The van der Waals surface area contributed by atoms with Crippen molar-refractivity contribution >= 4 is 17.4 Å². The van der Waals surface area contributed by atoms with Gasteiger partial charge in [-0.3, -0.25) is 0 Å². The van der Waals surface area contributed by atoms with Crippen molar-refractivity contribution in [3.63, 3.8) is 0 Å². The summed E-state index contributed by atoms with van der Waals surface area (Å²) in [5.74, 6) is 3.63. The molecule has 1 unspecified atom stereocenters. The summed E-state index contributed by atoms with van der Waals surface area (Å²) in [6.07, 6.45) is 7.98. The van der Waals surface area contributed by atoms with Gasteiger partial charge >= 0.3 is 0 Å². The number of anilines is 1. The van der Waals surface area contributed by atoms with Gasteiger partial charge in [0, 0.05) is 55.1 Å². The van der Waals surface area contributed by atoms with Crippen LogP contribution in [-0.4, -0.2) is 57.8 Å². The molecule has 1 saturated heterocycles. The van der Waals surface area contributed by atoms with Gasteiger partial charge in [0.2, 0.25) is 11.8 Å². The lowest BCUT2D eigenvalue weighted by Crippen LogP contribution is -2.33. The molecule has 5 rings (SSSR count). The van der Waals surface area contributed by atoms with Crippen molar-refractivity contribution < 1.29 is 9.15 Å². The summed E-state index contributed by atoms with van der Waals surface area (Å²) in [4.78, 5) is 6.53. The van der Waals surface area contributed by atoms with Crippen LogP contribution in [0.1, 0.15) is 18.7 Å². The average molecular weight is 505 g/mol. The van der Waals surface area contributed by atoms with Gasteiger partial charge in [-0.1, -0.05) is 18.2 Å². The van der Waals surface area contributed by atoms with Crippen LogP contribution in [-0.2, 0) is 12.3 Å². The normalized spacial score (nSPS) is 15.4. The Morgan fingerprint density at radius 3 is 2.81 bits per heavy atom. The maximum absolute atomic E-state index is 5.89. The topological polar surface area (TPSA) is 81.2 Å². The highest BCUT2D eigenvalue weighted by Gasteiger charge is 2.22. The van der Waals surface area contributed by atoms with Crippen molar-refractivity contribution in [2.24, 2.45) is 0 Å². The zero-order chi connectivity index (χ0) is 24.4. The predicted octanol–water partition coefficient (Wildman–Crippen LogP) is 4.50. The Balaban J connectivity index is 1.02. The lowest BCUT2D eigenvalue weighted by Gasteiger charge is -2.19. The molecule has 4 aromatic rings. The molecule has 2 aromatic heterocycles. The van der Waals surface area contributed by atoms with E-state index in [0.717, 1.165) is 56.1 Å². The van der Waals surface area contributed by atoms with Crippen molar-refractivity contribution in [3.8, 4) is 17.2 Å². The molecule has 1 fully saturated rings. The Morgan fingerprint density at radius 1 is 1.08 bits per heavy atom. The Kier molecular flexibility index (Phi) is 8.54. The number of aryl methyl sites for hydroxylation is 1. The SMILES string of the molecule is c1ccc(OCCSCc2nnc(-c3ccc(N4CCC(NCCCn5ccnc5)C4)cc3)o2)cc1. The predicted molar refractivity (Wildman–Crippen MR) is 143 cm³/mol. The maximum atomic E-state index is 5.89. The third kappa shape index (κ3) is 6.89. The van der Waals surface area contributed by atoms with Gasteiger partial charge in [-0.25, -0.2) is 4.98 Å². The van der Waals surface area contributed by atoms with Crippen molar-refractivity contribution in [1.29, 1.82) is 0 Å². The van der Waals surface area contributed by atoms with E-state index in [-0.39, 0.29) is 0 Å². The first kappa shape index (κ1) is 24.4. The van der Waals surface area contributed by atoms with Gasteiger partial charge in [0.25, 0.3) is 0 Å². The summed E-state index contributed by atoms with van der Waals surface area (Å²) >= 11 is 1.72. The zero-order valence-electron chi connectivity index (χ0n) is 20.3. The second kappa shape index (κ2) is 12.6. The molecule has 0 radical (unpaired) electrons. The van der Waals surface area contributed by atoms with Crippen LogP contribution in [0.25, 0.3) is 11.5 Å². The minimum atomic E-state index is 0.529. The van der Waals surface area contributed by atoms with E-state index in [1.807, 2.05) is 49.1 Å². The number of hydrogen-bond acceptors (Lipinski definition) is 8. The van der Waals surface area contributed by atoms with Crippen LogP contribution < -0.4 is 15.0 Å². The summed E-state index contributed by atoms with van der Waals surface area (Å²) in [5, 5.41) is 12.1.